The molecule has 0 spiro atoms. The molecule has 1 atom stereocenters. The lowest BCUT2D eigenvalue weighted by Crippen LogP contribution is -2.27. The Hall–Kier alpha value is -1.07. The van der Waals surface area contributed by atoms with Gasteiger partial charge >= 0.3 is 5.51 Å². The van der Waals surface area contributed by atoms with Crippen LogP contribution in [-0.4, -0.2) is 5.51 Å². The number of halogens is 3. The first-order valence-corrected chi connectivity index (χ1v) is 7.10. The van der Waals surface area contributed by atoms with Gasteiger partial charge in [-0.2, -0.15) is 0 Å². The molecule has 0 aromatic heterocycles. The van der Waals surface area contributed by atoms with Crippen LogP contribution in [0.15, 0.2) is 69.2 Å². The Kier molecular flexibility index (Phi) is 3.64. The zero-order chi connectivity index (χ0) is 13.3. The van der Waals surface area contributed by atoms with Crippen LogP contribution in [0.2, 0.25) is 0 Å². The fourth-order valence-electron chi connectivity index (χ4n) is 1.67. The molecule has 1 unspecified atom stereocenters. The van der Waals surface area contributed by atoms with E-state index < -0.39 is 16.4 Å². The Morgan fingerprint density at radius 1 is 1.11 bits per heavy atom. The largest absolute Gasteiger partial charge is 0.586 e. The Balaban J connectivity index is 2.67. The number of benzene rings is 1. The third-order valence-electron chi connectivity index (χ3n) is 2.35. The van der Waals surface area contributed by atoms with E-state index in [1.165, 1.54) is 30.0 Å². The minimum atomic E-state index is -4.30. The van der Waals surface area contributed by atoms with Gasteiger partial charge in [0.1, 0.15) is 0 Å². The van der Waals surface area contributed by atoms with Gasteiger partial charge in [-0.25, -0.2) is 0 Å². The summed E-state index contributed by atoms with van der Waals surface area (Å²) in [6, 6.07) is 6.60. The van der Waals surface area contributed by atoms with Crippen LogP contribution in [0.4, 0.5) is 13.2 Å². The number of thioether (sulfide) groups is 1. The summed E-state index contributed by atoms with van der Waals surface area (Å²) in [6.07, 6.45) is 2.75. The summed E-state index contributed by atoms with van der Waals surface area (Å²) in [5, 5.41) is 0. The molecular formula is C13H10F3S2+. The standard InChI is InChI=1S/C13H10F3S2/c1-3-9-11(4-2)18(13(14,15)16)12-8-6-5-7-10(12)17-9/h3-8H,1-2H2/q+1. The second kappa shape index (κ2) is 4.90. The molecule has 0 amide bonds. The number of allylic oxidation sites excluding steroid dienone is 2. The van der Waals surface area contributed by atoms with Crippen molar-refractivity contribution >= 4 is 22.7 Å². The molecule has 94 valence electrons. The monoisotopic (exact) mass is 287 g/mol. The average Bonchev–Trinajstić information content (AvgIpc) is 2.34. The molecule has 0 radical (unpaired) electrons. The van der Waals surface area contributed by atoms with Crippen LogP contribution in [0.1, 0.15) is 0 Å². The molecule has 1 heterocycles. The zero-order valence-corrected chi connectivity index (χ0v) is 11.0. The van der Waals surface area contributed by atoms with Gasteiger partial charge in [0.15, 0.2) is 20.7 Å². The smallest absolute Gasteiger partial charge is 0.122 e. The molecule has 5 heteroatoms. The minimum Gasteiger partial charge on any atom is -0.122 e. The molecule has 0 bridgehead atoms. The maximum Gasteiger partial charge on any atom is 0.586 e. The summed E-state index contributed by atoms with van der Waals surface area (Å²) in [5.74, 6) is 0. The number of alkyl halides is 3. The van der Waals surface area contributed by atoms with Crippen LogP contribution >= 0.6 is 11.8 Å². The van der Waals surface area contributed by atoms with Crippen LogP contribution in [0.3, 0.4) is 0 Å². The molecule has 1 aliphatic heterocycles. The molecule has 1 aromatic carbocycles. The van der Waals surface area contributed by atoms with Crippen LogP contribution in [-0.2, 0) is 10.9 Å². The first kappa shape index (κ1) is 13.4. The number of hydrogen-bond acceptors (Lipinski definition) is 1. The molecule has 1 aliphatic rings. The van der Waals surface area contributed by atoms with Gasteiger partial charge in [0, 0.05) is 0 Å². The molecule has 0 fully saturated rings. The van der Waals surface area contributed by atoms with Crippen LogP contribution < -0.4 is 0 Å². The summed E-state index contributed by atoms with van der Waals surface area (Å²) in [6.45, 7) is 7.09. The highest BCUT2D eigenvalue weighted by molar-refractivity contribution is 8.08. The number of hydrogen-bond donors (Lipinski definition) is 0. The molecule has 0 saturated heterocycles. The topological polar surface area (TPSA) is 0 Å². The normalized spacial score (nSPS) is 19.4. The highest BCUT2D eigenvalue weighted by atomic mass is 32.2. The van der Waals surface area contributed by atoms with Gasteiger partial charge in [-0.15, -0.1) is 13.2 Å². The minimum absolute atomic E-state index is 0.209. The number of fused-ring (bicyclic) bond motifs is 1. The van der Waals surface area contributed by atoms with Crippen LogP contribution in [0.5, 0.6) is 0 Å². The fourth-order valence-corrected chi connectivity index (χ4v) is 4.91. The second-order valence-corrected chi connectivity index (χ2v) is 6.48. The summed E-state index contributed by atoms with van der Waals surface area (Å²) < 4.78 is 39.8. The van der Waals surface area contributed by atoms with E-state index >= 15 is 0 Å². The summed E-state index contributed by atoms with van der Waals surface area (Å²) in [4.78, 5) is 1.69. The Bertz CT molecular complexity index is 529. The van der Waals surface area contributed by atoms with Crippen molar-refractivity contribution in [3.05, 3.63) is 59.4 Å². The molecule has 1 aromatic rings. The Morgan fingerprint density at radius 2 is 1.78 bits per heavy atom. The molecule has 0 saturated carbocycles. The molecule has 0 aliphatic carbocycles. The van der Waals surface area contributed by atoms with Crippen LogP contribution in [0.25, 0.3) is 0 Å². The van der Waals surface area contributed by atoms with Crippen molar-refractivity contribution in [1.82, 2.24) is 0 Å². The lowest BCUT2D eigenvalue weighted by molar-refractivity contribution is -0.0364. The first-order valence-electron chi connectivity index (χ1n) is 5.06. The molecule has 0 nitrogen and oxygen atoms in total. The van der Waals surface area contributed by atoms with E-state index in [4.69, 9.17) is 0 Å². The van der Waals surface area contributed by atoms with E-state index in [1.54, 1.807) is 18.2 Å². The molecule has 0 N–H and O–H groups in total. The summed E-state index contributed by atoms with van der Waals surface area (Å²) in [5.41, 5.74) is -4.30. The van der Waals surface area contributed by atoms with E-state index in [-0.39, 0.29) is 4.91 Å². The van der Waals surface area contributed by atoms with Crippen molar-refractivity contribution in [1.29, 1.82) is 0 Å². The lowest BCUT2D eigenvalue weighted by Gasteiger charge is -2.19. The van der Waals surface area contributed by atoms with Gasteiger partial charge in [-0.05, 0) is 18.2 Å². The summed E-state index contributed by atoms with van der Waals surface area (Å²) in [7, 11) is -1.94. The SMILES string of the molecule is C=CC1=C(C=C)[S+](C(F)(F)F)c2ccccc2S1. The summed E-state index contributed by atoms with van der Waals surface area (Å²) >= 11 is 1.31. The molecule has 2 rings (SSSR count). The van der Waals surface area contributed by atoms with E-state index in [9.17, 15) is 13.2 Å². The predicted octanol–water partition coefficient (Wildman–Crippen LogP) is 4.87. The average molecular weight is 287 g/mol. The highest BCUT2D eigenvalue weighted by Crippen LogP contribution is 2.50. The van der Waals surface area contributed by atoms with Crippen molar-refractivity contribution in [2.24, 2.45) is 0 Å². The van der Waals surface area contributed by atoms with Crippen LogP contribution in [0, 0.1) is 0 Å². The van der Waals surface area contributed by atoms with E-state index in [0.717, 1.165) is 0 Å². The zero-order valence-electron chi connectivity index (χ0n) is 9.33. The third-order valence-corrected chi connectivity index (χ3v) is 5.88. The lowest BCUT2D eigenvalue weighted by atomic mass is 10.4. The van der Waals surface area contributed by atoms with Gasteiger partial charge in [-0.3, -0.25) is 0 Å². The number of rotatable bonds is 2. The fraction of sp³-hybridized carbons (Fsp3) is 0.0769. The maximum atomic E-state index is 13.3. The van der Waals surface area contributed by atoms with Gasteiger partial charge in [0.05, 0.1) is 9.80 Å². The Labute approximate surface area is 111 Å². The Morgan fingerprint density at radius 3 is 2.33 bits per heavy atom. The van der Waals surface area contributed by atoms with Crippen molar-refractivity contribution in [3.63, 3.8) is 0 Å². The van der Waals surface area contributed by atoms with Gasteiger partial charge in [0.2, 0.25) is 0 Å². The molecule has 18 heavy (non-hydrogen) atoms. The van der Waals surface area contributed by atoms with E-state index in [2.05, 4.69) is 13.2 Å². The van der Waals surface area contributed by atoms with Crippen molar-refractivity contribution in [2.45, 2.75) is 15.3 Å². The predicted molar refractivity (Wildman–Crippen MR) is 71.4 cm³/mol. The first-order chi connectivity index (χ1) is 8.49. The van der Waals surface area contributed by atoms with Gasteiger partial charge in [-0.1, -0.05) is 43.1 Å². The highest BCUT2D eigenvalue weighted by Gasteiger charge is 2.58. The van der Waals surface area contributed by atoms with Crippen molar-refractivity contribution < 1.29 is 13.2 Å². The van der Waals surface area contributed by atoms with Crippen molar-refractivity contribution in [2.75, 3.05) is 0 Å². The second-order valence-electron chi connectivity index (χ2n) is 3.44. The van der Waals surface area contributed by atoms with Gasteiger partial charge in [0.25, 0.3) is 0 Å². The van der Waals surface area contributed by atoms with E-state index in [0.29, 0.717) is 14.7 Å². The van der Waals surface area contributed by atoms with Crippen molar-refractivity contribution in [3.8, 4) is 0 Å². The molecular weight excluding hydrogens is 277 g/mol. The quantitative estimate of drug-likeness (QED) is 0.699. The maximum absolute atomic E-state index is 13.3. The van der Waals surface area contributed by atoms with Gasteiger partial charge < -0.3 is 0 Å². The van der Waals surface area contributed by atoms with E-state index in [1.807, 2.05) is 0 Å². The third kappa shape index (κ3) is 2.24.